The molecule has 0 aliphatic heterocycles. The predicted octanol–water partition coefficient (Wildman–Crippen LogP) is 6.33. The molecule has 0 radical (unpaired) electrons. The zero-order valence-corrected chi connectivity index (χ0v) is 19.9. The molecule has 2 aromatic rings. The van der Waals surface area contributed by atoms with E-state index < -0.39 is 7.60 Å². The number of fused-ring (bicyclic) bond motifs is 1. The molecule has 2 aromatic carbocycles. The Morgan fingerprint density at radius 1 is 0.800 bits per heavy atom. The first-order chi connectivity index (χ1) is 14.1. The molecule has 0 bridgehead atoms. The molecule has 4 heteroatoms. The Balaban J connectivity index is 1.87. The molecule has 160 valence electrons. The first-order valence-corrected chi connectivity index (χ1v) is 12.3. The first kappa shape index (κ1) is 22.8. The summed E-state index contributed by atoms with van der Waals surface area (Å²) in [6, 6.07) is 14.0. The summed E-state index contributed by atoms with van der Waals surface area (Å²) >= 11 is 0. The lowest BCUT2D eigenvalue weighted by Crippen LogP contribution is -2.33. The van der Waals surface area contributed by atoms with Gasteiger partial charge in [-0.25, -0.2) is 0 Å². The van der Waals surface area contributed by atoms with Crippen molar-refractivity contribution in [2.24, 2.45) is 0 Å². The van der Waals surface area contributed by atoms with Gasteiger partial charge >= 0.3 is 7.60 Å². The van der Waals surface area contributed by atoms with Gasteiger partial charge in [0.2, 0.25) is 0 Å². The summed E-state index contributed by atoms with van der Waals surface area (Å²) in [6.07, 6.45) is 2.39. The molecule has 0 atom stereocenters. The highest BCUT2D eigenvalue weighted by Crippen LogP contribution is 2.47. The molecule has 0 saturated heterocycles. The highest BCUT2D eigenvalue weighted by atomic mass is 31.2. The third kappa shape index (κ3) is 4.73. The third-order valence-electron chi connectivity index (χ3n) is 5.99. The monoisotopic (exact) mass is 424 g/mol. The van der Waals surface area contributed by atoms with Crippen molar-refractivity contribution in [1.29, 1.82) is 0 Å². The number of hydrogen-bond donors (Lipinski definition) is 0. The quantitative estimate of drug-likeness (QED) is 0.416. The first-order valence-electron chi connectivity index (χ1n) is 10.8. The summed E-state index contributed by atoms with van der Waals surface area (Å²) in [5.74, 6) is 6.54. The highest BCUT2D eigenvalue weighted by molar-refractivity contribution is 7.62. The summed E-state index contributed by atoms with van der Waals surface area (Å²) in [5.41, 5.74) is 5.13. The molecule has 0 aromatic heterocycles. The second-order valence-corrected chi connectivity index (χ2v) is 11.2. The van der Waals surface area contributed by atoms with E-state index in [2.05, 4.69) is 57.7 Å². The van der Waals surface area contributed by atoms with Gasteiger partial charge < -0.3 is 9.05 Å². The molecular weight excluding hydrogens is 391 g/mol. The molecule has 1 aliphatic rings. The Labute approximate surface area is 181 Å². The zero-order chi connectivity index (χ0) is 22.0. The molecule has 0 unspecified atom stereocenters. The van der Waals surface area contributed by atoms with Crippen LogP contribution in [0, 0.1) is 11.8 Å². The second-order valence-electron chi connectivity index (χ2n) is 9.16. The molecule has 1 aliphatic carbocycles. The van der Waals surface area contributed by atoms with Crippen LogP contribution in [0.15, 0.2) is 42.5 Å². The molecule has 0 N–H and O–H groups in total. The van der Waals surface area contributed by atoms with Gasteiger partial charge in [-0.1, -0.05) is 45.6 Å². The topological polar surface area (TPSA) is 35.5 Å². The Bertz CT molecular complexity index is 997. The summed E-state index contributed by atoms with van der Waals surface area (Å²) in [6.45, 7) is 13.6. The minimum absolute atomic E-state index is 0.171. The standard InChI is InChI=1S/C26H33O3P/c1-7-28-30(27,29-8-2)22-14-11-20(12-15-22)9-10-21-13-16-23-24(19-21)26(5,6)18-17-25(23,3)4/h11-16,19H,7-8,17-18H2,1-6H3. The van der Waals surface area contributed by atoms with Crippen molar-refractivity contribution in [3.05, 3.63) is 64.7 Å². The Morgan fingerprint density at radius 2 is 1.30 bits per heavy atom. The lowest BCUT2D eigenvalue weighted by atomic mass is 9.63. The van der Waals surface area contributed by atoms with E-state index in [0.717, 1.165) is 11.1 Å². The summed E-state index contributed by atoms with van der Waals surface area (Å²) in [5, 5.41) is 0.564. The lowest BCUT2D eigenvalue weighted by molar-refractivity contribution is 0.230. The fourth-order valence-corrected chi connectivity index (χ4v) is 5.63. The largest absolute Gasteiger partial charge is 0.361 e. The van der Waals surface area contributed by atoms with Crippen LogP contribution in [0.3, 0.4) is 0 Å². The van der Waals surface area contributed by atoms with Crippen LogP contribution in [0.5, 0.6) is 0 Å². The number of benzene rings is 2. The SMILES string of the molecule is CCOP(=O)(OCC)c1ccc(C#Cc2ccc3c(c2)C(C)(C)CCC3(C)C)cc1. The Hall–Kier alpha value is -1.85. The van der Waals surface area contributed by atoms with Gasteiger partial charge in [0.25, 0.3) is 0 Å². The lowest BCUT2D eigenvalue weighted by Gasteiger charge is -2.41. The summed E-state index contributed by atoms with van der Waals surface area (Å²) < 4.78 is 23.7. The molecule has 0 saturated carbocycles. The van der Waals surface area contributed by atoms with Gasteiger partial charge in [-0.2, -0.15) is 0 Å². The van der Waals surface area contributed by atoms with Gasteiger partial charge in [-0.15, -0.1) is 0 Å². The maximum atomic E-state index is 12.9. The minimum Gasteiger partial charge on any atom is -0.305 e. The minimum atomic E-state index is -3.26. The van der Waals surface area contributed by atoms with Crippen LogP contribution in [-0.4, -0.2) is 13.2 Å². The van der Waals surface area contributed by atoms with Crippen molar-refractivity contribution >= 4 is 12.9 Å². The van der Waals surface area contributed by atoms with Gasteiger partial charge in [0.05, 0.1) is 18.5 Å². The average Bonchev–Trinajstić information content (AvgIpc) is 2.71. The van der Waals surface area contributed by atoms with E-state index in [1.54, 1.807) is 12.1 Å². The van der Waals surface area contributed by atoms with Crippen LogP contribution in [-0.2, 0) is 24.4 Å². The van der Waals surface area contributed by atoms with Gasteiger partial charge in [0.15, 0.2) is 0 Å². The number of hydrogen-bond acceptors (Lipinski definition) is 3. The summed E-state index contributed by atoms with van der Waals surface area (Å²) in [7, 11) is -3.26. The van der Waals surface area contributed by atoms with E-state index in [9.17, 15) is 4.57 Å². The Kier molecular flexibility index (Phi) is 6.63. The Morgan fingerprint density at radius 3 is 1.87 bits per heavy atom. The van der Waals surface area contributed by atoms with Crippen LogP contribution in [0.2, 0.25) is 0 Å². The average molecular weight is 425 g/mol. The molecule has 0 heterocycles. The molecule has 0 spiro atoms. The zero-order valence-electron chi connectivity index (χ0n) is 19.0. The van der Waals surface area contributed by atoms with E-state index in [1.807, 2.05) is 26.0 Å². The van der Waals surface area contributed by atoms with E-state index in [0.29, 0.717) is 18.5 Å². The van der Waals surface area contributed by atoms with Crippen molar-refractivity contribution in [2.45, 2.75) is 65.2 Å². The van der Waals surface area contributed by atoms with E-state index in [-0.39, 0.29) is 10.8 Å². The fourth-order valence-electron chi connectivity index (χ4n) is 4.06. The van der Waals surface area contributed by atoms with Crippen LogP contribution in [0.1, 0.15) is 76.6 Å². The van der Waals surface area contributed by atoms with Crippen molar-refractivity contribution < 1.29 is 13.6 Å². The van der Waals surface area contributed by atoms with Crippen LogP contribution in [0.4, 0.5) is 0 Å². The fraction of sp³-hybridized carbons (Fsp3) is 0.462. The van der Waals surface area contributed by atoms with Crippen molar-refractivity contribution in [3.8, 4) is 11.8 Å². The number of rotatable bonds is 5. The second kappa shape index (κ2) is 8.72. The van der Waals surface area contributed by atoms with Gasteiger partial charge in [-0.3, -0.25) is 4.57 Å². The normalized spacial score (nSPS) is 17.0. The van der Waals surface area contributed by atoms with Crippen LogP contribution in [0.25, 0.3) is 0 Å². The van der Waals surface area contributed by atoms with Crippen molar-refractivity contribution in [1.82, 2.24) is 0 Å². The summed E-state index contributed by atoms with van der Waals surface area (Å²) in [4.78, 5) is 0. The molecule has 3 rings (SSSR count). The van der Waals surface area contributed by atoms with Crippen molar-refractivity contribution in [3.63, 3.8) is 0 Å². The molecule has 3 nitrogen and oxygen atoms in total. The van der Waals surface area contributed by atoms with Crippen LogP contribution >= 0.6 is 7.60 Å². The third-order valence-corrected chi connectivity index (χ3v) is 8.11. The van der Waals surface area contributed by atoms with Gasteiger partial charge in [-0.05, 0) is 85.0 Å². The van der Waals surface area contributed by atoms with E-state index in [1.165, 1.54) is 24.0 Å². The van der Waals surface area contributed by atoms with Crippen LogP contribution < -0.4 is 5.30 Å². The van der Waals surface area contributed by atoms with Gasteiger partial charge in [0.1, 0.15) is 0 Å². The molecular formula is C26H33O3P. The molecule has 0 amide bonds. The molecule has 0 fully saturated rings. The van der Waals surface area contributed by atoms with Crippen molar-refractivity contribution in [2.75, 3.05) is 13.2 Å². The molecule has 30 heavy (non-hydrogen) atoms. The smallest absolute Gasteiger partial charge is 0.305 e. The van der Waals surface area contributed by atoms with Gasteiger partial charge in [0, 0.05) is 11.1 Å². The highest BCUT2D eigenvalue weighted by Gasteiger charge is 2.36. The van der Waals surface area contributed by atoms with E-state index in [4.69, 9.17) is 9.05 Å². The predicted molar refractivity (Wildman–Crippen MR) is 125 cm³/mol. The maximum Gasteiger partial charge on any atom is 0.361 e. The maximum absolute atomic E-state index is 12.9. The van der Waals surface area contributed by atoms with E-state index >= 15 is 0 Å².